The van der Waals surface area contributed by atoms with Crippen LogP contribution in [0.1, 0.15) is 68.6 Å². The van der Waals surface area contributed by atoms with Gasteiger partial charge in [-0.25, -0.2) is 0 Å². The molecular weight excluding hydrogens is 596 g/mol. The zero-order chi connectivity index (χ0) is 32.9. The summed E-state index contributed by atoms with van der Waals surface area (Å²) in [5, 5.41) is 0. The van der Waals surface area contributed by atoms with Crippen LogP contribution in [0.2, 0.25) is 0 Å². The van der Waals surface area contributed by atoms with E-state index in [-0.39, 0.29) is 0 Å². The Hall–Kier alpha value is -1.67. The minimum Gasteiger partial charge on any atom is -0.491 e. The summed E-state index contributed by atoms with van der Waals surface area (Å²) in [5.41, 5.74) is 0.622. The van der Waals surface area contributed by atoms with E-state index in [2.05, 4.69) is 6.92 Å². The lowest BCUT2D eigenvalue weighted by molar-refractivity contribution is -0.0254. The molecule has 46 heavy (non-hydrogen) atoms. The van der Waals surface area contributed by atoms with Crippen LogP contribution in [0.4, 0.5) is 0 Å². The van der Waals surface area contributed by atoms with Crippen molar-refractivity contribution < 1.29 is 52.2 Å². The molecule has 0 heterocycles. The van der Waals surface area contributed by atoms with Gasteiger partial charge in [0, 0.05) is 12.2 Å². The summed E-state index contributed by atoms with van der Waals surface area (Å²) in [6, 6.07) is 6.95. The SMILES string of the molecule is CCCCCCCCCCOCCOCCOCCOCCOCCOCCOCCOCCOCCOc1ccc(C=O)cc1. The Morgan fingerprint density at radius 1 is 0.391 bits per heavy atom. The summed E-state index contributed by atoms with van der Waals surface area (Å²) in [6.07, 6.45) is 11.3. The van der Waals surface area contributed by atoms with E-state index in [1.54, 1.807) is 24.3 Å². The number of carbonyl (C=O) groups is 1. The first-order chi connectivity index (χ1) is 22.9. The van der Waals surface area contributed by atoms with Crippen LogP contribution >= 0.6 is 0 Å². The monoisotopic (exact) mass is 658 g/mol. The number of carbonyl (C=O) groups excluding carboxylic acids is 1. The zero-order valence-corrected chi connectivity index (χ0v) is 28.5. The molecular formula is C35H62O11. The van der Waals surface area contributed by atoms with Crippen molar-refractivity contribution >= 4 is 6.29 Å². The molecule has 0 aromatic heterocycles. The molecule has 0 aliphatic carbocycles. The van der Waals surface area contributed by atoms with Gasteiger partial charge in [-0.2, -0.15) is 0 Å². The highest BCUT2D eigenvalue weighted by Gasteiger charge is 1.98. The molecule has 0 aliphatic heterocycles. The predicted octanol–water partition coefficient (Wildman–Crippen LogP) is 5.17. The Morgan fingerprint density at radius 2 is 0.696 bits per heavy atom. The lowest BCUT2D eigenvalue weighted by Crippen LogP contribution is -2.15. The van der Waals surface area contributed by atoms with Crippen LogP contribution in [0.5, 0.6) is 5.75 Å². The van der Waals surface area contributed by atoms with Gasteiger partial charge in [-0.1, -0.05) is 51.9 Å². The van der Waals surface area contributed by atoms with E-state index in [1.807, 2.05) is 0 Å². The molecule has 0 saturated carbocycles. The van der Waals surface area contributed by atoms with Crippen molar-refractivity contribution in [3.63, 3.8) is 0 Å². The van der Waals surface area contributed by atoms with Crippen LogP contribution < -0.4 is 4.74 Å². The van der Waals surface area contributed by atoms with E-state index in [9.17, 15) is 4.79 Å². The molecule has 0 N–H and O–H groups in total. The van der Waals surface area contributed by atoms with Crippen molar-refractivity contribution in [2.45, 2.75) is 58.3 Å². The molecule has 0 unspecified atom stereocenters. The normalized spacial score (nSPS) is 11.3. The van der Waals surface area contributed by atoms with E-state index in [4.69, 9.17) is 47.4 Å². The van der Waals surface area contributed by atoms with Crippen molar-refractivity contribution in [2.75, 3.05) is 126 Å². The molecule has 0 bridgehead atoms. The third-order valence-corrected chi connectivity index (χ3v) is 6.63. The number of rotatable bonds is 38. The largest absolute Gasteiger partial charge is 0.491 e. The van der Waals surface area contributed by atoms with Gasteiger partial charge in [0.05, 0.1) is 112 Å². The Morgan fingerprint density at radius 3 is 1.04 bits per heavy atom. The third kappa shape index (κ3) is 31.0. The molecule has 11 nitrogen and oxygen atoms in total. The second-order valence-electron chi connectivity index (χ2n) is 10.5. The molecule has 0 radical (unpaired) electrons. The second-order valence-corrected chi connectivity index (χ2v) is 10.5. The molecule has 0 amide bonds. The van der Waals surface area contributed by atoms with Gasteiger partial charge in [0.1, 0.15) is 18.6 Å². The first kappa shape index (κ1) is 42.4. The number of hydrogen-bond donors (Lipinski definition) is 0. The molecule has 1 rings (SSSR count). The third-order valence-electron chi connectivity index (χ3n) is 6.63. The van der Waals surface area contributed by atoms with Crippen molar-refractivity contribution in [2.24, 2.45) is 0 Å². The van der Waals surface area contributed by atoms with Crippen LogP contribution in [-0.2, 0) is 42.6 Å². The standard InChI is InChI=1S/C35H62O11/c1-2-3-4-5-6-7-8-9-14-37-15-16-38-17-18-39-19-20-40-21-22-41-23-24-42-25-26-43-27-28-44-29-30-45-31-32-46-35-12-10-34(33-36)11-13-35/h10-13,33H,2-9,14-32H2,1H3. The lowest BCUT2D eigenvalue weighted by Gasteiger charge is -2.09. The van der Waals surface area contributed by atoms with Gasteiger partial charge in [-0.05, 0) is 30.7 Å². The summed E-state index contributed by atoms with van der Waals surface area (Å²) in [6.45, 7) is 12.5. The fourth-order valence-electron chi connectivity index (χ4n) is 4.06. The van der Waals surface area contributed by atoms with Crippen LogP contribution in [0, 0.1) is 0 Å². The van der Waals surface area contributed by atoms with E-state index < -0.39 is 0 Å². The average Bonchev–Trinajstić information content (AvgIpc) is 3.08. The highest BCUT2D eigenvalue weighted by molar-refractivity contribution is 5.74. The predicted molar refractivity (Wildman–Crippen MR) is 177 cm³/mol. The van der Waals surface area contributed by atoms with Gasteiger partial charge >= 0.3 is 0 Å². The summed E-state index contributed by atoms with van der Waals surface area (Å²) in [5.74, 6) is 0.708. The number of unbranched alkanes of at least 4 members (excludes halogenated alkanes) is 7. The molecule has 0 saturated heterocycles. The molecule has 0 spiro atoms. The fraction of sp³-hybridized carbons (Fsp3) is 0.800. The molecule has 1 aromatic rings. The maximum Gasteiger partial charge on any atom is 0.150 e. The summed E-state index contributed by atoms with van der Waals surface area (Å²) in [4.78, 5) is 10.6. The summed E-state index contributed by atoms with van der Waals surface area (Å²) in [7, 11) is 0. The van der Waals surface area contributed by atoms with Gasteiger partial charge < -0.3 is 47.4 Å². The Balaban J connectivity index is 1.63. The molecule has 268 valence electrons. The van der Waals surface area contributed by atoms with Gasteiger partial charge in [0.15, 0.2) is 0 Å². The van der Waals surface area contributed by atoms with Gasteiger partial charge in [-0.3, -0.25) is 4.79 Å². The van der Waals surface area contributed by atoms with E-state index >= 15 is 0 Å². The van der Waals surface area contributed by atoms with Gasteiger partial charge in [-0.15, -0.1) is 0 Å². The van der Waals surface area contributed by atoms with Crippen molar-refractivity contribution in [3.05, 3.63) is 29.8 Å². The summed E-state index contributed by atoms with van der Waals surface area (Å²) >= 11 is 0. The lowest BCUT2D eigenvalue weighted by atomic mass is 10.1. The average molecular weight is 659 g/mol. The van der Waals surface area contributed by atoms with Crippen molar-refractivity contribution in [3.8, 4) is 5.75 Å². The highest BCUT2D eigenvalue weighted by atomic mass is 16.6. The molecule has 1 aromatic carbocycles. The topological polar surface area (TPSA) is 109 Å². The number of ether oxygens (including phenoxy) is 10. The first-order valence-corrected chi connectivity index (χ1v) is 17.2. The van der Waals surface area contributed by atoms with Crippen molar-refractivity contribution in [1.82, 2.24) is 0 Å². The van der Waals surface area contributed by atoms with E-state index in [0.717, 1.165) is 19.3 Å². The minimum atomic E-state index is 0.436. The van der Waals surface area contributed by atoms with Crippen LogP contribution in [0.3, 0.4) is 0 Å². The number of hydrogen-bond acceptors (Lipinski definition) is 11. The van der Waals surface area contributed by atoms with Crippen LogP contribution in [0.25, 0.3) is 0 Å². The van der Waals surface area contributed by atoms with Gasteiger partial charge in [0.2, 0.25) is 0 Å². The quantitative estimate of drug-likeness (QED) is 0.0694. The highest BCUT2D eigenvalue weighted by Crippen LogP contribution is 2.11. The summed E-state index contributed by atoms with van der Waals surface area (Å²) < 4.78 is 55.1. The Kier molecular flexibility index (Phi) is 33.3. The maximum absolute atomic E-state index is 10.6. The Bertz CT molecular complexity index is 736. The molecule has 0 atom stereocenters. The second kappa shape index (κ2) is 36.2. The van der Waals surface area contributed by atoms with E-state index in [1.165, 1.54) is 44.9 Å². The van der Waals surface area contributed by atoms with E-state index in [0.29, 0.717) is 130 Å². The molecule has 11 heteroatoms. The Labute approximate surface area is 277 Å². The maximum atomic E-state index is 10.6. The van der Waals surface area contributed by atoms with Crippen molar-refractivity contribution in [1.29, 1.82) is 0 Å². The van der Waals surface area contributed by atoms with Crippen LogP contribution in [-0.4, -0.2) is 132 Å². The number of aldehydes is 1. The zero-order valence-electron chi connectivity index (χ0n) is 28.5. The molecule has 0 fully saturated rings. The molecule has 0 aliphatic rings. The minimum absolute atomic E-state index is 0.436. The number of benzene rings is 1. The first-order valence-electron chi connectivity index (χ1n) is 17.2. The van der Waals surface area contributed by atoms with Crippen LogP contribution in [0.15, 0.2) is 24.3 Å². The smallest absolute Gasteiger partial charge is 0.150 e. The van der Waals surface area contributed by atoms with Gasteiger partial charge in [0.25, 0.3) is 0 Å². The fourth-order valence-corrected chi connectivity index (χ4v) is 4.06.